The molecule has 0 aliphatic rings. The van der Waals surface area contributed by atoms with Gasteiger partial charge in [0.05, 0.1) is 80.2 Å². The SMILES string of the molecule is C#Cc1cc(C#N)cc(C(C)(C)C)c1.C#Cc1cccc(C#N)c1C(C)(C)C.CC(C)(C)c1cc(-n2c3ccccc3c3ccccc32)cc(-n2c3ccccc3c3ccccc32)c1.CC(C)(C)c1ccc(C#N)cc1.CC(C)(C)c1ccc([Si](c2ccccc2)(c2ccccc2)c2ccccc2)cc1.CC(C)(C)c1cccc(C#N)c1.CC(C)(C)c1ccccc1C#N. The fourth-order valence-electron chi connectivity index (χ4n) is 16.1. The Morgan fingerprint density at radius 1 is 0.225 bits per heavy atom. The molecular weight excluding hydrogens is 1580 g/mol. The van der Waals surface area contributed by atoms with Gasteiger partial charge in [-0.05, 0) is 201 Å². The zero-order chi connectivity index (χ0) is 93.9. The lowest BCUT2D eigenvalue weighted by Crippen LogP contribution is -2.74. The minimum absolute atomic E-state index is 0.00226. The summed E-state index contributed by atoms with van der Waals surface area (Å²) in [5, 5.41) is 54.7. The van der Waals surface area contributed by atoms with E-state index in [4.69, 9.17) is 39.2 Å². The van der Waals surface area contributed by atoms with E-state index in [9.17, 15) is 0 Å². The summed E-state index contributed by atoms with van der Waals surface area (Å²) in [6.45, 7) is 45.5. The minimum Gasteiger partial charge on any atom is -0.309 e. The van der Waals surface area contributed by atoms with Gasteiger partial charge in [-0.15, -0.1) is 12.8 Å². The highest BCUT2D eigenvalue weighted by molar-refractivity contribution is 7.19. The number of terminal acetylenes is 2. The molecule has 0 amide bonds. The Bertz CT molecular complexity index is 6480. The maximum atomic E-state index is 8.98. The van der Waals surface area contributed by atoms with Gasteiger partial charge in [0.25, 0.3) is 0 Å². The van der Waals surface area contributed by atoms with Crippen LogP contribution in [0.1, 0.15) is 223 Å². The van der Waals surface area contributed by atoms with Crippen molar-refractivity contribution in [1.29, 1.82) is 26.3 Å². The van der Waals surface area contributed by atoms with Gasteiger partial charge in [-0.2, -0.15) is 26.3 Å². The summed E-state index contributed by atoms with van der Waals surface area (Å²) < 4.78 is 4.86. The Balaban J connectivity index is 0.000000166. The maximum absolute atomic E-state index is 8.98. The molecule has 8 heteroatoms. The molecule has 0 aliphatic heterocycles. The van der Waals surface area contributed by atoms with Crippen molar-refractivity contribution in [1.82, 2.24) is 9.13 Å². The molecule has 0 atom stereocenters. The number of nitrogens with zero attached hydrogens (tertiary/aromatic N) is 7. The summed E-state index contributed by atoms with van der Waals surface area (Å²) in [5.41, 5.74) is 21.3. The number of para-hydroxylation sites is 4. The summed E-state index contributed by atoms with van der Waals surface area (Å²) in [6, 6.07) is 130. The molecule has 2 aromatic heterocycles. The van der Waals surface area contributed by atoms with Gasteiger partial charge in [-0.3, -0.25) is 0 Å². The van der Waals surface area contributed by atoms with E-state index >= 15 is 0 Å². The summed E-state index contributed by atoms with van der Waals surface area (Å²) in [6.07, 6.45) is 10.7. The van der Waals surface area contributed by atoms with Crippen molar-refractivity contribution in [3.8, 4) is 66.4 Å². The minimum atomic E-state index is -2.38. The number of hydrogen-bond acceptors (Lipinski definition) is 5. The van der Waals surface area contributed by atoms with Crippen molar-refractivity contribution in [2.75, 3.05) is 0 Å². The summed E-state index contributed by atoms with van der Waals surface area (Å²) in [7, 11) is -2.38. The first-order valence-electron chi connectivity index (χ1n) is 44.1. The number of benzene rings is 14. The Morgan fingerprint density at radius 2 is 0.550 bits per heavy atom. The van der Waals surface area contributed by atoms with Crippen molar-refractivity contribution in [2.24, 2.45) is 0 Å². The van der Waals surface area contributed by atoms with Crippen molar-refractivity contribution in [3.05, 3.63) is 418 Å². The number of aromatic nitrogens is 2. The van der Waals surface area contributed by atoms with Crippen LogP contribution in [0.3, 0.4) is 0 Å². The second-order valence-electron chi connectivity index (χ2n) is 39.7. The standard InChI is InChI=1S/C34H28N2.C28H28Si.2C13H13N.3C11H13N/c1-34(2,3)23-20-24(35-30-16-8-4-12-26(30)27-13-5-9-17-31(27)35)22-25(21-23)36-32-18-10-6-14-28(32)29-15-7-11-19-33(29)36;1-28(2,3)23-19-21-27(22-20-23)29(24-13-7-4-8-14-24,25-15-9-5-10-16-25)26-17-11-6-12-18-26;1-5-10-6-11(9-14)8-12(7-10)13(2,3)4;1-5-10-7-6-8-11(9-14)12(10)13(2,3)4;1-11(2,3)10-6-4-9(8-12)5-7-10;1-11(2,3)10-6-4-5-9(7-10)8-12;1-11(2,3)10-7-5-4-6-9(10)8-12/h4-22H,1-3H3;4-22H,1-3H3;2*1,6-8H,2-4H3;3*4-7H,1-3H3. The van der Waals surface area contributed by atoms with Crippen molar-refractivity contribution < 1.29 is 0 Å². The number of fused-ring (bicyclic) bond motifs is 6. The average molecular weight is 1700 g/mol. The third-order valence-electron chi connectivity index (χ3n) is 23.0. The first-order chi connectivity index (χ1) is 61.1. The molecule has 14 aromatic carbocycles. The van der Waals surface area contributed by atoms with Crippen LogP contribution in [0.4, 0.5) is 0 Å². The molecule has 7 nitrogen and oxygen atoms in total. The largest absolute Gasteiger partial charge is 0.309 e. The third-order valence-corrected chi connectivity index (χ3v) is 27.8. The van der Waals surface area contributed by atoms with Crippen molar-refractivity contribution in [3.63, 3.8) is 0 Å². The molecule has 0 unspecified atom stereocenters. The van der Waals surface area contributed by atoms with Crippen LogP contribution in [0.25, 0.3) is 55.0 Å². The number of hydrogen-bond donors (Lipinski definition) is 0. The van der Waals surface area contributed by atoms with Gasteiger partial charge in [0.2, 0.25) is 0 Å². The Morgan fingerprint density at radius 3 is 0.907 bits per heavy atom. The quantitative estimate of drug-likeness (QED) is 0.0930. The molecule has 0 bridgehead atoms. The lowest BCUT2D eigenvalue weighted by molar-refractivity contribution is 0.587. The van der Waals surface area contributed by atoms with E-state index in [0.717, 1.165) is 44.5 Å². The van der Waals surface area contributed by atoms with E-state index in [1.54, 1.807) is 12.1 Å². The molecule has 0 spiro atoms. The fourth-order valence-corrected chi connectivity index (χ4v) is 20.8. The normalized spacial score (nSPS) is 11.4. The molecule has 16 rings (SSSR count). The molecule has 0 aliphatic carbocycles. The lowest BCUT2D eigenvalue weighted by atomic mass is 9.81. The first kappa shape index (κ1) is 96.7. The van der Waals surface area contributed by atoms with Crippen LogP contribution in [0.15, 0.2) is 340 Å². The number of rotatable bonds is 6. The van der Waals surface area contributed by atoms with Gasteiger partial charge >= 0.3 is 0 Å². The van der Waals surface area contributed by atoms with E-state index in [1.807, 2.05) is 91.0 Å². The summed E-state index contributed by atoms with van der Waals surface area (Å²) in [5.74, 6) is 5.19. The van der Waals surface area contributed by atoms with Crippen LogP contribution >= 0.6 is 0 Å². The molecule has 2 heterocycles. The first-order valence-corrected chi connectivity index (χ1v) is 46.1. The zero-order valence-corrected chi connectivity index (χ0v) is 80.1. The number of nitriles is 5. The molecular formula is C121H121N7Si. The molecule has 0 N–H and O–H groups in total. The van der Waals surface area contributed by atoms with Crippen LogP contribution < -0.4 is 20.7 Å². The topological polar surface area (TPSA) is 129 Å². The van der Waals surface area contributed by atoms with Gasteiger partial charge in [0.1, 0.15) is 0 Å². The van der Waals surface area contributed by atoms with Crippen molar-refractivity contribution in [2.45, 2.75) is 183 Å². The molecule has 644 valence electrons. The second kappa shape index (κ2) is 41.3. The van der Waals surface area contributed by atoms with Gasteiger partial charge in [0, 0.05) is 44.0 Å². The van der Waals surface area contributed by atoms with Crippen LogP contribution in [0.2, 0.25) is 0 Å². The summed E-state index contributed by atoms with van der Waals surface area (Å²) in [4.78, 5) is 0. The molecule has 0 radical (unpaired) electrons. The van der Waals surface area contributed by atoms with Crippen LogP contribution in [0.5, 0.6) is 0 Å². The van der Waals surface area contributed by atoms with Gasteiger partial charge < -0.3 is 9.13 Å². The van der Waals surface area contributed by atoms with Crippen LogP contribution in [-0.4, -0.2) is 17.2 Å². The second-order valence-corrected chi connectivity index (χ2v) is 43.5. The van der Waals surface area contributed by atoms with E-state index in [1.165, 1.54) is 98.0 Å². The van der Waals surface area contributed by atoms with E-state index in [0.29, 0.717) is 11.1 Å². The van der Waals surface area contributed by atoms with E-state index < -0.39 is 8.07 Å². The molecule has 0 saturated heterocycles. The molecule has 0 saturated carbocycles. The van der Waals surface area contributed by atoms with E-state index in [2.05, 4.69) is 433 Å². The Labute approximate surface area is 770 Å². The van der Waals surface area contributed by atoms with Gasteiger partial charge in [0.15, 0.2) is 8.07 Å². The highest BCUT2D eigenvalue weighted by Gasteiger charge is 2.41. The van der Waals surface area contributed by atoms with Crippen LogP contribution in [0, 0.1) is 81.3 Å². The predicted molar refractivity (Wildman–Crippen MR) is 548 cm³/mol. The highest BCUT2D eigenvalue weighted by atomic mass is 28.3. The van der Waals surface area contributed by atoms with E-state index in [-0.39, 0.29) is 37.9 Å². The zero-order valence-electron chi connectivity index (χ0n) is 79.1. The lowest BCUT2D eigenvalue weighted by Gasteiger charge is -2.34. The smallest absolute Gasteiger partial charge is 0.179 e. The Kier molecular flexibility index (Phi) is 30.9. The monoisotopic (exact) mass is 1700 g/mol. The average Bonchev–Trinajstić information content (AvgIpc) is 1.65. The molecule has 16 aromatic rings. The van der Waals surface area contributed by atoms with Crippen molar-refractivity contribution >= 4 is 72.4 Å². The summed E-state index contributed by atoms with van der Waals surface area (Å²) >= 11 is 0. The maximum Gasteiger partial charge on any atom is 0.179 e. The Hall–Kier alpha value is -14.5. The highest BCUT2D eigenvalue weighted by Crippen LogP contribution is 2.39. The fraction of sp³-hybridized carbons (Fsp3) is 0.231. The van der Waals surface area contributed by atoms with Gasteiger partial charge in [-0.1, -0.05) is 394 Å². The molecule has 0 fully saturated rings. The molecule has 129 heavy (non-hydrogen) atoms. The predicted octanol–water partition coefficient (Wildman–Crippen LogP) is 27.8. The van der Waals surface area contributed by atoms with Crippen LogP contribution in [-0.2, 0) is 37.9 Å². The van der Waals surface area contributed by atoms with Gasteiger partial charge in [-0.25, -0.2) is 0 Å². The third kappa shape index (κ3) is 23.6.